The normalized spacial score (nSPS) is 10.8. The van der Waals surface area contributed by atoms with Gasteiger partial charge in [0, 0.05) is 31.9 Å². The summed E-state index contributed by atoms with van der Waals surface area (Å²) in [6.07, 6.45) is 1.49. The second-order valence-corrected chi connectivity index (χ2v) is 5.35. The molecule has 8 nitrogen and oxygen atoms in total. The van der Waals surface area contributed by atoms with Crippen molar-refractivity contribution in [3.63, 3.8) is 0 Å². The van der Waals surface area contributed by atoms with Gasteiger partial charge in [-0.25, -0.2) is 10.2 Å². The van der Waals surface area contributed by atoms with Crippen LogP contribution in [0.2, 0.25) is 0 Å². The lowest BCUT2D eigenvalue weighted by molar-refractivity contribution is 0.0949. The molecule has 2 aromatic rings. The Labute approximate surface area is 144 Å². The topological polar surface area (TPSA) is 99.6 Å². The number of rotatable bonds is 6. The Bertz CT molecular complexity index is 845. The summed E-state index contributed by atoms with van der Waals surface area (Å²) in [7, 11) is 1.32. The molecule has 0 saturated carbocycles. The first-order valence-corrected chi connectivity index (χ1v) is 7.95. The zero-order valence-electron chi connectivity index (χ0n) is 14.4. The summed E-state index contributed by atoms with van der Waals surface area (Å²) in [6.45, 7) is 6.04. The van der Waals surface area contributed by atoms with E-state index in [1.165, 1.54) is 13.3 Å². The molecule has 0 unspecified atom stereocenters. The Balaban J connectivity index is 2.04. The van der Waals surface area contributed by atoms with Crippen LogP contribution < -0.4 is 21.6 Å². The third-order valence-electron chi connectivity index (χ3n) is 3.79. The number of benzene rings is 1. The van der Waals surface area contributed by atoms with Gasteiger partial charge in [-0.1, -0.05) is 12.1 Å². The van der Waals surface area contributed by atoms with Crippen molar-refractivity contribution < 1.29 is 4.79 Å². The van der Waals surface area contributed by atoms with Crippen molar-refractivity contribution >= 4 is 17.8 Å². The molecule has 0 fully saturated rings. The van der Waals surface area contributed by atoms with Gasteiger partial charge in [-0.15, -0.1) is 0 Å². The van der Waals surface area contributed by atoms with Gasteiger partial charge in [-0.3, -0.25) is 14.2 Å². The summed E-state index contributed by atoms with van der Waals surface area (Å²) in [5.74, 6) is -0.661. The fourth-order valence-electron chi connectivity index (χ4n) is 2.26. The lowest BCUT2D eigenvalue weighted by Crippen LogP contribution is -2.35. The highest BCUT2D eigenvalue weighted by Crippen LogP contribution is 2.13. The highest BCUT2D eigenvalue weighted by Gasteiger charge is 2.08. The summed E-state index contributed by atoms with van der Waals surface area (Å²) in [5, 5.41) is 3.85. The van der Waals surface area contributed by atoms with E-state index in [4.69, 9.17) is 0 Å². The zero-order valence-corrected chi connectivity index (χ0v) is 14.4. The Morgan fingerprint density at radius 1 is 1.24 bits per heavy atom. The Morgan fingerprint density at radius 3 is 2.44 bits per heavy atom. The molecule has 0 spiro atoms. The van der Waals surface area contributed by atoms with Gasteiger partial charge < -0.3 is 9.88 Å². The summed E-state index contributed by atoms with van der Waals surface area (Å²) in [5.41, 5.74) is 2.85. The van der Waals surface area contributed by atoms with Gasteiger partial charge >= 0.3 is 5.69 Å². The van der Waals surface area contributed by atoms with E-state index in [0.29, 0.717) is 0 Å². The van der Waals surface area contributed by atoms with Crippen molar-refractivity contribution in [1.29, 1.82) is 0 Å². The summed E-state index contributed by atoms with van der Waals surface area (Å²) >= 11 is 0. The summed E-state index contributed by atoms with van der Waals surface area (Å²) < 4.78 is 0.873. The van der Waals surface area contributed by atoms with Crippen molar-refractivity contribution in [3.8, 4) is 0 Å². The van der Waals surface area contributed by atoms with Crippen molar-refractivity contribution in [3.05, 3.63) is 62.4 Å². The van der Waals surface area contributed by atoms with Crippen LogP contribution in [-0.4, -0.2) is 34.8 Å². The van der Waals surface area contributed by atoms with Crippen LogP contribution >= 0.6 is 0 Å². The molecule has 0 atom stereocenters. The summed E-state index contributed by atoms with van der Waals surface area (Å²) in [6, 6.07) is 8.79. The van der Waals surface area contributed by atoms with E-state index in [1.54, 1.807) is 0 Å². The van der Waals surface area contributed by atoms with E-state index in [2.05, 4.69) is 34.3 Å². The summed E-state index contributed by atoms with van der Waals surface area (Å²) in [4.78, 5) is 39.5. The Hall–Kier alpha value is -3.16. The molecule has 0 saturated heterocycles. The minimum atomic E-state index is -0.661. The predicted molar refractivity (Wildman–Crippen MR) is 97.4 cm³/mol. The molecule has 2 rings (SSSR count). The van der Waals surface area contributed by atoms with Crippen molar-refractivity contribution in [2.24, 2.45) is 12.1 Å². The van der Waals surface area contributed by atoms with Crippen LogP contribution in [0.3, 0.4) is 0 Å². The molecule has 1 amide bonds. The van der Waals surface area contributed by atoms with E-state index >= 15 is 0 Å². The fraction of sp³-hybridized carbons (Fsp3) is 0.294. The molecule has 0 bridgehead atoms. The van der Waals surface area contributed by atoms with Gasteiger partial charge in [0.05, 0.1) is 6.21 Å². The second-order valence-electron chi connectivity index (χ2n) is 5.35. The molecule has 132 valence electrons. The average molecular weight is 343 g/mol. The maximum absolute atomic E-state index is 11.9. The van der Waals surface area contributed by atoms with Crippen LogP contribution in [0.5, 0.6) is 0 Å². The lowest BCUT2D eigenvalue weighted by Gasteiger charge is -2.20. The van der Waals surface area contributed by atoms with Crippen LogP contribution in [0.25, 0.3) is 0 Å². The number of aromatic nitrogens is 2. The van der Waals surface area contributed by atoms with Crippen molar-refractivity contribution in [2.45, 2.75) is 13.8 Å². The van der Waals surface area contributed by atoms with Crippen LogP contribution in [0.4, 0.5) is 5.69 Å². The molecule has 0 aliphatic rings. The number of hydrogen-bond acceptors (Lipinski definition) is 5. The standard InChI is InChI=1S/C17H21N5O3/c1-4-22(5-2)13-8-6-12(7-9-13)11-18-20-16(24)14-10-15(23)21(3)17(25)19-14/h6-11H,4-5H2,1-3H3,(H,19,25)(H,20,24). The number of hydrogen-bond donors (Lipinski definition) is 2. The van der Waals surface area contributed by atoms with Crippen LogP contribution in [-0.2, 0) is 7.05 Å². The van der Waals surface area contributed by atoms with Gasteiger partial charge in [0.2, 0.25) is 0 Å². The van der Waals surface area contributed by atoms with E-state index in [1.807, 2.05) is 24.3 Å². The number of amides is 1. The number of H-pyrrole nitrogens is 1. The third-order valence-corrected chi connectivity index (χ3v) is 3.79. The number of carbonyl (C=O) groups is 1. The molecule has 2 N–H and O–H groups in total. The van der Waals surface area contributed by atoms with Crippen molar-refractivity contribution in [1.82, 2.24) is 15.0 Å². The maximum Gasteiger partial charge on any atom is 0.328 e. The third kappa shape index (κ3) is 4.43. The number of anilines is 1. The average Bonchev–Trinajstić information content (AvgIpc) is 2.61. The molecule has 1 heterocycles. The minimum Gasteiger partial charge on any atom is -0.372 e. The first-order chi connectivity index (χ1) is 12.0. The minimum absolute atomic E-state index is 0.137. The fourth-order valence-corrected chi connectivity index (χ4v) is 2.26. The first kappa shape index (κ1) is 18.2. The van der Waals surface area contributed by atoms with Gasteiger partial charge in [-0.2, -0.15) is 5.10 Å². The van der Waals surface area contributed by atoms with Crippen LogP contribution in [0, 0.1) is 0 Å². The molecular formula is C17H21N5O3. The number of carbonyl (C=O) groups excluding carboxylic acids is 1. The highest BCUT2D eigenvalue weighted by atomic mass is 16.2. The smallest absolute Gasteiger partial charge is 0.328 e. The second kappa shape index (κ2) is 8.09. The Morgan fingerprint density at radius 2 is 1.88 bits per heavy atom. The molecule has 0 aliphatic heterocycles. The molecule has 1 aromatic heterocycles. The maximum atomic E-state index is 11.9. The Kier molecular flexibility index (Phi) is 5.89. The highest BCUT2D eigenvalue weighted by molar-refractivity contribution is 5.92. The zero-order chi connectivity index (χ0) is 18.4. The van der Waals surface area contributed by atoms with Gasteiger partial charge in [-0.05, 0) is 31.5 Å². The van der Waals surface area contributed by atoms with Gasteiger partial charge in [0.25, 0.3) is 11.5 Å². The van der Waals surface area contributed by atoms with Crippen LogP contribution in [0.15, 0.2) is 45.0 Å². The number of nitrogens with one attached hydrogen (secondary N) is 2. The molecule has 0 aliphatic carbocycles. The monoisotopic (exact) mass is 343 g/mol. The quantitative estimate of drug-likeness (QED) is 0.595. The predicted octanol–water partition coefficient (Wildman–Crippen LogP) is 0.684. The SMILES string of the molecule is CCN(CC)c1ccc(C=NNC(=O)c2cc(=O)n(C)c(=O)[nH]2)cc1. The number of hydrazone groups is 1. The van der Waals surface area contributed by atoms with Gasteiger partial charge in [0.15, 0.2) is 0 Å². The van der Waals surface area contributed by atoms with E-state index in [0.717, 1.165) is 35.0 Å². The number of aromatic amines is 1. The van der Waals surface area contributed by atoms with Crippen LogP contribution in [0.1, 0.15) is 29.9 Å². The molecule has 8 heteroatoms. The number of nitrogens with zero attached hydrogens (tertiary/aromatic N) is 3. The van der Waals surface area contributed by atoms with Crippen molar-refractivity contribution in [2.75, 3.05) is 18.0 Å². The van der Waals surface area contributed by atoms with Gasteiger partial charge in [0.1, 0.15) is 5.69 Å². The molecule has 1 aromatic carbocycles. The molecule has 0 radical (unpaired) electrons. The first-order valence-electron chi connectivity index (χ1n) is 7.95. The van der Waals surface area contributed by atoms with E-state index < -0.39 is 17.2 Å². The lowest BCUT2D eigenvalue weighted by atomic mass is 10.2. The van der Waals surface area contributed by atoms with E-state index in [9.17, 15) is 14.4 Å². The van der Waals surface area contributed by atoms with E-state index in [-0.39, 0.29) is 5.69 Å². The largest absolute Gasteiger partial charge is 0.372 e. The molecule has 25 heavy (non-hydrogen) atoms. The molecular weight excluding hydrogens is 322 g/mol.